The Labute approximate surface area is 250 Å². The summed E-state index contributed by atoms with van der Waals surface area (Å²) < 4.78 is 38.6. The predicted molar refractivity (Wildman–Crippen MR) is 140 cm³/mol. The van der Waals surface area contributed by atoms with E-state index in [4.69, 9.17) is 27.9 Å². The summed E-state index contributed by atoms with van der Waals surface area (Å²) >= 11 is 12.0. The zero-order valence-corrected chi connectivity index (χ0v) is 24.6. The molecule has 2 N–H and O–H groups in total. The Morgan fingerprint density at radius 2 is 1.76 bits per heavy atom. The molecule has 4 rings (SSSR count). The van der Waals surface area contributed by atoms with E-state index in [1.807, 2.05) is 0 Å². The molecular formula is C25H18Cl2N3NaO6S. The number of hydrogen-bond donors (Lipinski definition) is 2. The van der Waals surface area contributed by atoms with Crippen molar-refractivity contribution in [3.8, 4) is 11.5 Å². The van der Waals surface area contributed by atoms with E-state index in [9.17, 15) is 22.9 Å². The van der Waals surface area contributed by atoms with Gasteiger partial charge < -0.3 is 15.2 Å². The number of benzene rings is 4. The fraction of sp³-hybridized carbons (Fsp3) is 0.0800. The molecule has 13 heteroatoms. The maximum atomic E-state index is 13.4. The Bertz CT molecular complexity index is 1700. The van der Waals surface area contributed by atoms with E-state index in [1.165, 1.54) is 25.3 Å². The van der Waals surface area contributed by atoms with Crippen LogP contribution in [0.15, 0.2) is 75.8 Å². The van der Waals surface area contributed by atoms with Gasteiger partial charge in [0.2, 0.25) is 0 Å². The van der Waals surface area contributed by atoms with Crippen molar-refractivity contribution in [2.75, 3.05) is 12.4 Å². The van der Waals surface area contributed by atoms with Gasteiger partial charge in [0.15, 0.2) is 0 Å². The number of ether oxygens (including phenoxy) is 1. The van der Waals surface area contributed by atoms with Crippen molar-refractivity contribution >= 4 is 67.1 Å². The van der Waals surface area contributed by atoms with Gasteiger partial charge in [-0.25, -0.2) is 0 Å². The molecule has 0 bridgehead atoms. The standard InChI is InChI=1S/C25H19Cl2N3O6S.Na/c1-13-9-20(22(12-18(13)27)37(33,34)35)29-30-23-16-6-4-3-5-14(16)10-17(24(23)31)25(32)28-19-11-15(26)7-8-21(19)36-2;/h3-12,31H,1-2H3,(H,28,32)(H,33,34,35);/q;+1/p-1. The van der Waals surface area contributed by atoms with Gasteiger partial charge in [-0.05, 0) is 54.3 Å². The van der Waals surface area contributed by atoms with E-state index in [1.54, 1.807) is 43.3 Å². The van der Waals surface area contributed by atoms with Crippen molar-refractivity contribution < 1.29 is 57.2 Å². The number of azo groups is 1. The van der Waals surface area contributed by atoms with Crippen molar-refractivity contribution in [2.45, 2.75) is 11.8 Å². The minimum absolute atomic E-state index is 0. The van der Waals surface area contributed by atoms with E-state index in [-0.39, 0.29) is 57.2 Å². The van der Waals surface area contributed by atoms with Crippen molar-refractivity contribution in [2.24, 2.45) is 10.2 Å². The van der Waals surface area contributed by atoms with Crippen molar-refractivity contribution in [3.05, 3.63) is 81.8 Å². The predicted octanol–water partition coefficient (Wildman–Crippen LogP) is 3.46. The van der Waals surface area contributed by atoms with Gasteiger partial charge in [-0.15, -0.1) is 5.11 Å². The number of halogens is 2. The van der Waals surface area contributed by atoms with Gasteiger partial charge in [-0.3, -0.25) is 9.35 Å². The molecule has 1 amide bonds. The van der Waals surface area contributed by atoms with Gasteiger partial charge in [-0.1, -0.05) is 53.2 Å². The summed E-state index contributed by atoms with van der Waals surface area (Å²) in [4.78, 5) is 12.6. The van der Waals surface area contributed by atoms with Gasteiger partial charge in [0, 0.05) is 21.0 Å². The van der Waals surface area contributed by atoms with E-state index in [2.05, 4.69) is 15.5 Å². The number of hydrogen-bond acceptors (Lipinski definition) is 7. The van der Waals surface area contributed by atoms with Crippen LogP contribution in [0.4, 0.5) is 17.1 Å². The third-order valence-corrected chi connectivity index (χ3v) is 6.93. The summed E-state index contributed by atoms with van der Waals surface area (Å²) in [5.41, 5.74) is 0.0579. The van der Waals surface area contributed by atoms with E-state index in [0.29, 0.717) is 27.1 Å². The average molecular weight is 582 g/mol. The van der Waals surface area contributed by atoms with Crippen LogP contribution in [-0.4, -0.2) is 26.0 Å². The van der Waals surface area contributed by atoms with Gasteiger partial charge >= 0.3 is 29.6 Å². The number of nitrogens with zero attached hydrogens (tertiary/aromatic N) is 2. The molecule has 0 spiro atoms. The molecule has 0 unspecified atom stereocenters. The monoisotopic (exact) mass is 581 g/mol. The number of anilines is 1. The molecule has 0 aliphatic rings. The van der Waals surface area contributed by atoms with E-state index < -0.39 is 26.7 Å². The smallest absolute Gasteiger partial charge is 0.870 e. The van der Waals surface area contributed by atoms with Gasteiger partial charge in [0.25, 0.3) is 16.0 Å². The molecule has 4 aromatic carbocycles. The minimum atomic E-state index is -4.70. The number of nitrogens with one attached hydrogen (secondary N) is 1. The molecule has 4 aromatic rings. The summed E-state index contributed by atoms with van der Waals surface area (Å²) in [6, 6.07) is 15.1. The molecule has 0 saturated carbocycles. The number of rotatable bonds is 6. The molecule has 0 aliphatic carbocycles. The average Bonchev–Trinajstić information content (AvgIpc) is 2.84. The van der Waals surface area contributed by atoms with Crippen molar-refractivity contribution in [1.82, 2.24) is 0 Å². The first-order valence-electron chi connectivity index (χ1n) is 10.6. The number of carbonyl (C=O) groups is 1. The quantitative estimate of drug-likeness (QED) is 0.203. The van der Waals surface area contributed by atoms with Crippen LogP contribution in [0.1, 0.15) is 15.9 Å². The largest absolute Gasteiger partial charge is 1.00 e. The van der Waals surface area contributed by atoms with Crippen LogP contribution < -0.4 is 44.7 Å². The third kappa shape index (κ3) is 6.29. The first-order valence-corrected chi connectivity index (χ1v) is 12.8. The Kier molecular flexibility index (Phi) is 9.43. The van der Waals surface area contributed by atoms with Gasteiger partial charge in [0.05, 0.1) is 18.5 Å². The number of fused-ring (bicyclic) bond motifs is 1. The zero-order valence-electron chi connectivity index (χ0n) is 20.3. The summed E-state index contributed by atoms with van der Waals surface area (Å²) in [5, 5.41) is 25.3. The van der Waals surface area contributed by atoms with Crippen LogP contribution in [-0.2, 0) is 10.1 Å². The fourth-order valence-corrected chi connectivity index (χ4v) is 4.61. The molecule has 0 fully saturated rings. The number of methoxy groups -OCH3 is 1. The van der Waals surface area contributed by atoms with Crippen molar-refractivity contribution in [1.29, 1.82) is 0 Å². The topological polar surface area (TPSA) is 140 Å². The number of aryl methyl sites for hydroxylation is 1. The van der Waals surface area contributed by atoms with Crippen LogP contribution >= 0.6 is 23.2 Å². The minimum Gasteiger partial charge on any atom is -0.870 e. The summed E-state index contributed by atoms with van der Waals surface area (Å²) in [7, 11) is -3.28. The van der Waals surface area contributed by atoms with Gasteiger partial charge in [0.1, 0.15) is 16.3 Å². The molecule has 0 atom stereocenters. The third-order valence-electron chi connectivity index (χ3n) is 5.41. The fourth-order valence-electron chi connectivity index (χ4n) is 3.58. The Balaban J connectivity index is 0.00000400. The molecule has 0 aliphatic heterocycles. The Hall–Kier alpha value is -2.70. The first kappa shape index (κ1) is 29.9. The van der Waals surface area contributed by atoms with Crippen molar-refractivity contribution in [3.63, 3.8) is 0 Å². The molecule has 0 radical (unpaired) electrons. The second kappa shape index (κ2) is 12.0. The van der Waals surface area contributed by atoms with Gasteiger partial charge in [-0.2, -0.15) is 13.5 Å². The first-order chi connectivity index (χ1) is 17.5. The summed E-state index contributed by atoms with van der Waals surface area (Å²) in [6.07, 6.45) is 0. The van der Waals surface area contributed by atoms with Crippen LogP contribution in [0, 0.1) is 6.92 Å². The van der Waals surface area contributed by atoms with Crippen LogP contribution in [0.5, 0.6) is 11.5 Å². The number of carbonyl (C=O) groups excluding carboxylic acids is 1. The molecule has 0 saturated heterocycles. The van der Waals surface area contributed by atoms with Crippen LogP contribution in [0.2, 0.25) is 10.0 Å². The maximum absolute atomic E-state index is 13.4. The second-order valence-electron chi connectivity index (χ2n) is 7.87. The van der Waals surface area contributed by atoms with E-state index in [0.717, 1.165) is 6.07 Å². The Morgan fingerprint density at radius 1 is 1.05 bits per heavy atom. The zero-order chi connectivity index (χ0) is 26.9. The molecule has 9 nitrogen and oxygen atoms in total. The van der Waals surface area contributed by atoms with Crippen LogP contribution in [0.25, 0.3) is 10.8 Å². The SMILES string of the molecule is COc1ccc(Cl)cc1NC(=O)c1cc2ccccc2c(N=Nc2cc(C)c(Cl)cc2S(=O)(=O)O)c1[O-].[Na+]. The van der Waals surface area contributed by atoms with E-state index >= 15 is 0 Å². The molecule has 38 heavy (non-hydrogen) atoms. The normalized spacial score (nSPS) is 11.4. The maximum Gasteiger partial charge on any atom is 1.00 e. The molecule has 0 aromatic heterocycles. The molecular weight excluding hydrogens is 564 g/mol. The Morgan fingerprint density at radius 3 is 2.45 bits per heavy atom. The summed E-state index contributed by atoms with van der Waals surface area (Å²) in [6.45, 7) is 1.61. The molecule has 190 valence electrons. The van der Waals surface area contributed by atoms with Crippen LogP contribution in [0.3, 0.4) is 0 Å². The second-order valence-corrected chi connectivity index (χ2v) is 10.1. The summed E-state index contributed by atoms with van der Waals surface area (Å²) in [5.74, 6) is -1.16. The number of amides is 1. The molecule has 0 heterocycles.